The SMILES string of the molecule is CCN1C(C)CNC[C@@H]1C. The van der Waals surface area contributed by atoms with Gasteiger partial charge in [0.25, 0.3) is 0 Å². The molecule has 0 aromatic rings. The molecule has 1 N–H and O–H groups in total. The lowest BCUT2D eigenvalue weighted by Gasteiger charge is -2.38. The Morgan fingerprint density at radius 2 is 1.80 bits per heavy atom. The molecular formula is C8H18N2. The lowest BCUT2D eigenvalue weighted by atomic mass is 10.1. The lowest BCUT2D eigenvalue weighted by molar-refractivity contribution is 0.124. The Labute approximate surface area is 63.6 Å². The minimum Gasteiger partial charge on any atom is -0.314 e. The molecule has 0 radical (unpaired) electrons. The van der Waals surface area contributed by atoms with E-state index in [4.69, 9.17) is 0 Å². The molecule has 1 aliphatic heterocycles. The van der Waals surface area contributed by atoms with E-state index in [1.54, 1.807) is 0 Å². The zero-order valence-electron chi connectivity index (χ0n) is 7.22. The molecule has 1 unspecified atom stereocenters. The molecule has 1 saturated heterocycles. The highest BCUT2D eigenvalue weighted by Gasteiger charge is 2.21. The van der Waals surface area contributed by atoms with Crippen LogP contribution in [0.15, 0.2) is 0 Å². The normalized spacial score (nSPS) is 36.3. The second-order valence-electron chi connectivity index (χ2n) is 3.19. The average Bonchev–Trinajstić information content (AvgIpc) is 1.88. The summed E-state index contributed by atoms with van der Waals surface area (Å²) < 4.78 is 0. The molecule has 2 atom stereocenters. The van der Waals surface area contributed by atoms with E-state index in [-0.39, 0.29) is 0 Å². The van der Waals surface area contributed by atoms with Gasteiger partial charge in [-0.3, -0.25) is 4.90 Å². The number of piperazine rings is 1. The highest BCUT2D eigenvalue weighted by atomic mass is 15.2. The zero-order valence-corrected chi connectivity index (χ0v) is 7.22. The van der Waals surface area contributed by atoms with Crippen LogP contribution in [-0.4, -0.2) is 36.6 Å². The van der Waals surface area contributed by atoms with Crippen molar-refractivity contribution >= 4 is 0 Å². The third kappa shape index (κ3) is 1.50. The van der Waals surface area contributed by atoms with Crippen molar-refractivity contribution in [2.75, 3.05) is 19.6 Å². The standard InChI is InChI=1S/C8H18N2/c1-4-10-7(2)5-9-6-8(10)3/h7-9H,4-6H2,1-3H3/t7-,8?/m0/s1. The van der Waals surface area contributed by atoms with Gasteiger partial charge in [0.1, 0.15) is 0 Å². The molecule has 2 nitrogen and oxygen atoms in total. The summed E-state index contributed by atoms with van der Waals surface area (Å²) >= 11 is 0. The fourth-order valence-electron chi connectivity index (χ4n) is 1.79. The number of hydrogen-bond donors (Lipinski definition) is 1. The summed E-state index contributed by atoms with van der Waals surface area (Å²) in [4.78, 5) is 2.54. The number of nitrogens with one attached hydrogen (secondary N) is 1. The summed E-state index contributed by atoms with van der Waals surface area (Å²) in [6, 6.07) is 1.43. The van der Waals surface area contributed by atoms with E-state index in [1.165, 1.54) is 6.54 Å². The Morgan fingerprint density at radius 1 is 1.30 bits per heavy atom. The maximum Gasteiger partial charge on any atom is 0.0195 e. The van der Waals surface area contributed by atoms with Gasteiger partial charge in [-0.15, -0.1) is 0 Å². The minimum absolute atomic E-state index is 0.716. The monoisotopic (exact) mass is 142 g/mol. The van der Waals surface area contributed by atoms with Crippen molar-refractivity contribution in [2.45, 2.75) is 32.9 Å². The van der Waals surface area contributed by atoms with E-state index in [1.807, 2.05) is 0 Å². The van der Waals surface area contributed by atoms with Gasteiger partial charge in [0.15, 0.2) is 0 Å². The minimum atomic E-state index is 0.716. The Kier molecular flexibility index (Phi) is 2.69. The Bertz CT molecular complexity index is 93.4. The molecule has 0 aromatic heterocycles. The number of rotatable bonds is 1. The Morgan fingerprint density at radius 3 is 2.10 bits per heavy atom. The van der Waals surface area contributed by atoms with Gasteiger partial charge in [-0.2, -0.15) is 0 Å². The predicted molar refractivity (Wildman–Crippen MR) is 44.2 cm³/mol. The third-order valence-corrected chi connectivity index (χ3v) is 2.38. The van der Waals surface area contributed by atoms with Gasteiger partial charge >= 0.3 is 0 Å². The van der Waals surface area contributed by atoms with Gasteiger partial charge in [0.05, 0.1) is 0 Å². The van der Waals surface area contributed by atoms with Crippen LogP contribution in [-0.2, 0) is 0 Å². The smallest absolute Gasteiger partial charge is 0.0195 e. The third-order valence-electron chi connectivity index (χ3n) is 2.38. The average molecular weight is 142 g/mol. The van der Waals surface area contributed by atoms with E-state index in [0.717, 1.165) is 13.1 Å². The first kappa shape index (κ1) is 8.02. The molecule has 2 heteroatoms. The summed E-state index contributed by atoms with van der Waals surface area (Å²) in [6.45, 7) is 10.3. The van der Waals surface area contributed by atoms with Gasteiger partial charge in [-0.1, -0.05) is 6.92 Å². The highest BCUT2D eigenvalue weighted by Crippen LogP contribution is 2.07. The van der Waals surface area contributed by atoms with Gasteiger partial charge in [0.2, 0.25) is 0 Å². The highest BCUT2D eigenvalue weighted by molar-refractivity contribution is 4.81. The summed E-state index contributed by atoms with van der Waals surface area (Å²) in [7, 11) is 0. The molecule has 1 fully saturated rings. The van der Waals surface area contributed by atoms with Gasteiger partial charge < -0.3 is 5.32 Å². The molecule has 0 spiro atoms. The molecule has 1 heterocycles. The van der Waals surface area contributed by atoms with Crippen LogP contribution < -0.4 is 5.32 Å². The fourth-order valence-corrected chi connectivity index (χ4v) is 1.79. The second-order valence-corrected chi connectivity index (χ2v) is 3.19. The number of likely N-dealkylation sites (N-methyl/N-ethyl adjacent to an activating group) is 1. The largest absolute Gasteiger partial charge is 0.314 e. The topological polar surface area (TPSA) is 15.3 Å². The first-order valence-corrected chi connectivity index (χ1v) is 4.22. The maximum absolute atomic E-state index is 3.41. The molecule has 10 heavy (non-hydrogen) atoms. The van der Waals surface area contributed by atoms with Gasteiger partial charge in [-0.25, -0.2) is 0 Å². The van der Waals surface area contributed by atoms with Crippen LogP contribution in [0.4, 0.5) is 0 Å². The summed E-state index contributed by atoms with van der Waals surface area (Å²) in [5.41, 5.74) is 0. The molecule has 0 amide bonds. The first-order valence-electron chi connectivity index (χ1n) is 4.22. The van der Waals surface area contributed by atoms with E-state index >= 15 is 0 Å². The van der Waals surface area contributed by atoms with Gasteiger partial charge in [-0.05, 0) is 20.4 Å². The molecule has 0 bridgehead atoms. The summed E-state index contributed by atoms with van der Waals surface area (Å²) in [6.07, 6.45) is 0. The molecule has 1 rings (SSSR count). The van der Waals surface area contributed by atoms with E-state index < -0.39 is 0 Å². The quantitative estimate of drug-likeness (QED) is 0.579. The van der Waals surface area contributed by atoms with Gasteiger partial charge in [0, 0.05) is 25.2 Å². The van der Waals surface area contributed by atoms with Crippen molar-refractivity contribution in [3.63, 3.8) is 0 Å². The molecule has 0 saturated carbocycles. The number of hydrogen-bond acceptors (Lipinski definition) is 2. The summed E-state index contributed by atoms with van der Waals surface area (Å²) in [5.74, 6) is 0. The molecular weight excluding hydrogens is 124 g/mol. The van der Waals surface area contributed by atoms with Crippen molar-refractivity contribution in [1.29, 1.82) is 0 Å². The Hall–Kier alpha value is -0.0800. The van der Waals surface area contributed by atoms with Crippen molar-refractivity contribution in [2.24, 2.45) is 0 Å². The van der Waals surface area contributed by atoms with Crippen molar-refractivity contribution in [3.05, 3.63) is 0 Å². The van der Waals surface area contributed by atoms with Crippen LogP contribution in [0.1, 0.15) is 20.8 Å². The number of nitrogens with zero attached hydrogens (tertiary/aromatic N) is 1. The predicted octanol–water partition coefficient (Wildman–Crippen LogP) is 0.689. The van der Waals surface area contributed by atoms with Crippen LogP contribution in [0.5, 0.6) is 0 Å². The van der Waals surface area contributed by atoms with E-state index in [0.29, 0.717) is 12.1 Å². The fraction of sp³-hybridized carbons (Fsp3) is 1.00. The molecule has 0 aromatic carbocycles. The lowest BCUT2D eigenvalue weighted by Crippen LogP contribution is -2.54. The van der Waals surface area contributed by atoms with Crippen molar-refractivity contribution in [3.8, 4) is 0 Å². The zero-order chi connectivity index (χ0) is 7.56. The van der Waals surface area contributed by atoms with Crippen molar-refractivity contribution < 1.29 is 0 Å². The molecule has 1 aliphatic rings. The van der Waals surface area contributed by atoms with Crippen LogP contribution in [0, 0.1) is 0 Å². The Balaban J connectivity index is 2.45. The van der Waals surface area contributed by atoms with Crippen LogP contribution in [0.3, 0.4) is 0 Å². The molecule has 0 aliphatic carbocycles. The van der Waals surface area contributed by atoms with E-state index in [9.17, 15) is 0 Å². The van der Waals surface area contributed by atoms with Crippen LogP contribution >= 0.6 is 0 Å². The summed E-state index contributed by atoms with van der Waals surface area (Å²) in [5, 5.41) is 3.41. The second kappa shape index (κ2) is 3.35. The van der Waals surface area contributed by atoms with Crippen LogP contribution in [0.2, 0.25) is 0 Å². The maximum atomic E-state index is 3.41. The van der Waals surface area contributed by atoms with Crippen LogP contribution in [0.25, 0.3) is 0 Å². The molecule has 60 valence electrons. The van der Waals surface area contributed by atoms with E-state index in [2.05, 4.69) is 31.0 Å². The first-order chi connectivity index (χ1) is 4.75. The van der Waals surface area contributed by atoms with Crippen molar-refractivity contribution in [1.82, 2.24) is 10.2 Å².